The van der Waals surface area contributed by atoms with Gasteiger partial charge in [-0.2, -0.15) is 0 Å². The van der Waals surface area contributed by atoms with Crippen molar-refractivity contribution in [3.63, 3.8) is 0 Å². The number of rotatable bonds is 4. The van der Waals surface area contributed by atoms with E-state index >= 15 is 0 Å². The van der Waals surface area contributed by atoms with E-state index in [0.29, 0.717) is 12.5 Å². The van der Waals surface area contributed by atoms with Gasteiger partial charge >= 0.3 is 0 Å². The van der Waals surface area contributed by atoms with Gasteiger partial charge < -0.3 is 5.73 Å². The summed E-state index contributed by atoms with van der Waals surface area (Å²) in [6.07, 6.45) is 0.0469. The van der Waals surface area contributed by atoms with Gasteiger partial charge in [0.2, 0.25) is 0 Å². The summed E-state index contributed by atoms with van der Waals surface area (Å²) >= 11 is 0. The summed E-state index contributed by atoms with van der Waals surface area (Å²) in [6, 6.07) is 6.75. The molecule has 2 N–H and O–H groups in total. The molecule has 1 aliphatic heterocycles. The van der Waals surface area contributed by atoms with Crippen molar-refractivity contribution in [1.82, 2.24) is 4.90 Å². The van der Waals surface area contributed by atoms with Crippen LogP contribution in [0.4, 0.5) is 8.78 Å². The smallest absolute Gasteiger partial charge is 0.263 e. The van der Waals surface area contributed by atoms with Crippen LogP contribution in [0.5, 0.6) is 0 Å². The Kier molecular flexibility index (Phi) is 4.88. The minimum absolute atomic E-state index is 0.0755. The first-order chi connectivity index (χ1) is 9.11. The fourth-order valence-corrected chi connectivity index (χ4v) is 2.87. The molecule has 19 heavy (non-hydrogen) atoms. The molecule has 1 aliphatic rings. The Balaban J connectivity index is 2.12. The van der Waals surface area contributed by atoms with E-state index in [0.717, 1.165) is 18.7 Å². The zero-order valence-electron chi connectivity index (χ0n) is 11.4. The summed E-state index contributed by atoms with van der Waals surface area (Å²) in [5.74, 6) is 0.683. The molecule has 2 rings (SSSR count). The summed E-state index contributed by atoms with van der Waals surface area (Å²) in [4.78, 5) is 2.38. The van der Waals surface area contributed by atoms with Crippen LogP contribution >= 0.6 is 0 Å². The van der Waals surface area contributed by atoms with Gasteiger partial charge in [-0.05, 0) is 30.9 Å². The van der Waals surface area contributed by atoms with E-state index in [1.54, 1.807) is 12.1 Å². The molecule has 0 radical (unpaired) electrons. The molecule has 0 amide bonds. The first-order valence-corrected chi connectivity index (χ1v) is 6.94. The van der Waals surface area contributed by atoms with Gasteiger partial charge in [0.25, 0.3) is 6.43 Å². The highest BCUT2D eigenvalue weighted by molar-refractivity contribution is 5.26. The molecule has 1 fully saturated rings. The summed E-state index contributed by atoms with van der Waals surface area (Å²) in [5, 5.41) is 0. The Morgan fingerprint density at radius 3 is 2.42 bits per heavy atom. The van der Waals surface area contributed by atoms with E-state index in [9.17, 15) is 8.78 Å². The monoisotopic (exact) mass is 268 g/mol. The van der Waals surface area contributed by atoms with Crippen LogP contribution < -0.4 is 5.73 Å². The number of alkyl halides is 2. The molecular formula is C15H22F2N2. The van der Waals surface area contributed by atoms with Crippen molar-refractivity contribution in [3.05, 3.63) is 35.4 Å². The number of benzene rings is 1. The second kappa shape index (κ2) is 6.44. The maximum Gasteiger partial charge on any atom is 0.263 e. The average molecular weight is 268 g/mol. The van der Waals surface area contributed by atoms with Gasteiger partial charge in [0, 0.05) is 24.7 Å². The number of hydrogen-bond donors (Lipinski definition) is 1. The number of piperidine rings is 1. The van der Waals surface area contributed by atoms with Gasteiger partial charge in [0.1, 0.15) is 0 Å². The van der Waals surface area contributed by atoms with Gasteiger partial charge in [0.05, 0.1) is 0 Å². The highest BCUT2D eigenvalue weighted by Gasteiger charge is 2.24. The summed E-state index contributed by atoms with van der Waals surface area (Å²) in [5.41, 5.74) is 7.01. The van der Waals surface area contributed by atoms with Crippen LogP contribution in [0.15, 0.2) is 24.3 Å². The lowest BCUT2D eigenvalue weighted by Crippen LogP contribution is -2.40. The topological polar surface area (TPSA) is 29.3 Å². The largest absolute Gasteiger partial charge is 0.329 e. The summed E-state index contributed by atoms with van der Waals surface area (Å²) < 4.78 is 25.1. The second-order valence-corrected chi connectivity index (χ2v) is 5.46. The zero-order valence-corrected chi connectivity index (χ0v) is 11.4. The predicted octanol–water partition coefficient (Wildman–Crippen LogP) is 3.36. The standard InChI is InChI=1S/C15H22F2N2/c1-11-3-2-8-19(10-11)14(9-18)12-4-6-13(7-5-12)15(16)17/h4-7,11,14-15H,2-3,8-10,18H2,1H3. The molecule has 0 aliphatic carbocycles. The maximum absolute atomic E-state index is 12.6. The number of halogens is 2. The Labute approximate surface area is 113 Å². The highest BCUT2D eigenvalue weighted by atomic mass is 19.3. The minimum atomic E-state index is -2.40. The van der Waals surface area contributed by atoms with Crippen molar-refractivity contribution in [2.75, 3.05) is 19.6 Å². The lowest BCUT2D eigenvalue weighted by molar-refractivity contribution is 0.133. The summed E-state index contributed by atoms with van der Waals surface area (Å²) in [7, 11) is 0. The average Bonchev–Trinajstić information content (AvgIpc) is 2.40. The van der Waals surface area contributed by atoms with Crippen LogP contribution in [0.2, 0.25) is 0 Å². The summed E-state index contributed by atoms with van der Waals surface area (Å²) in [6.45, 7) is 4.86. The highest BCUT2D eigenvalue weighted by Crippen LogP contribution is 2.27. The predicted molar refractivity (Wildman–Crippen MR) is 73.2 cm³/mol. The number of hydrogen-bond acceptors (Lipinski definition) is 2. The molecule has 2 nitrogen and oxygen atoms in total. The Bertz CT molecular complexity index is 392. The van der Waals surface area contributed by atoms with Crippen LogP contribution in [-0.4, -0.2) is 24.5 Å². The zero-order chi connectivity index (χ0) is 13.8. The van der Waals surface area contributed by atoms with Crippen LogP contribution in [0, 0.1) is 5.92 Å². The van der Waals surface area contributed by atoms with Crippen molar-refractivity contribution in [1.29, 1.82) is 0 Å². The molecule has 0 spiro atoms. The van der Waals surface area contributed by atoms with Crippen LogP contribution in [0.25, 0.3) is 0 Å². The Hall–Kier alpha value is -1.00. The van der Waals surface area contributed by atoms with Crippen molar-refractivity contribution < 1.29 is 8.78 Å². The van der Waals surface area contributed by atoms with Crippen molar-refractivity contribution >= 4 is 0 Å². The van der Waals surface area contributed by atoms with Crippen molar-refractivity contribution in [2.24, 2.45) is 11.7 Å². The lowest BCUT2D eigenvalue weighted by atomic mass is 9.96. The normalized spacial score (nSPS) is 22.7. The SMILES string of the molecule is CC1CCCN(C(CN)c2ccc(C(F)F)cc2)C1. The number of nitrogens with two attached hydrogens (primary N) is 1. The molecule has 0 bridgehead atoms. The molecule has 1 aromatic carbocycles. The molecule has 1 heterocycles. The van der Waals surface area contributed by atoms with Gasteiger partial charge in [-0.1, -0.05) is 31.2 Å². The third kappa shape index (κ3) is 3.51. The van der Waals surface area contributed by atoms with Gasteiger partial charge in [0.15, 0.2) is 0 Å². The van der Waals surface area contributed by atoms with E-state index in [4.69, 9.17) is 5.73 Å². The number of nitrogens with zero attached hydrogens (tertiary/aromatic N) is 1. The quantitative estimate of drug-likeness (QED) is 0.907. The fraction of sp³-hybridized carbons (Fsp3) is 0.600. The van der Waals surface area contributed by atoms with E-state index in [1.807, 2.05) is 0 Å². The molecule has 1 aromatic rings. The van der Waals surface area contributed by atoms with E-state index in [-0.39, 0.29) is 11.6 Å². The molecule has 2 unspecified atom stereocenters. The van der Waals surface area contributed by atoms with Crippen molar-refractivity contribution in [3.8, 4) is 0 Å². The van der Waals surface area contributed by atoms with Crippen LogP contribution in [0.3, 0.4) is 0 Å². The third-order valence-electron chi connectivity index (χ3n) is 3.93. The van der Waals surface area contributed by atoms with Crippen LogP contribution in [0.1, 0.15) is 43.4 Å². The Morgan fingerprint density at radius 1 is 1.26 bits per heavy atom. The first-order valence-electron chi connectivity index (χ1n) is 6.94. The van der Waals surface area contributed by atoms with E-state index in [2.05, 4.69) is 11.8 Å². The maximum atomic E-state index is 12.6. The van der Waals surface area contributed by atoms with Gasteiger partial charge in [-0.25, -0.2) is 8.78 Å². The first kappa shape index (κ1) is 14.4. The third-order valence-corrected chi connectivity index (χ3v) is 3.93. The number of likely N-dealkylation sites (tertiary alicyclic amines) is 1. The fourth-order valence-electron chi connectivity index (χ4n) is 2.87. The molecule has 0 aromatic heterocycles. The molecule has 4 heteroatoms. The molecule has 0 saturated carbocycles. The van der Waals surface area contributed by atoms with Gasteiger partial charge in [-0.15, -0.1) is 0 Å². The molecule has 2 atom stereocenters. The minimum Gasteiger partial charge on any atom is -0.329 e. The lowest BCUT2D eigenvalue weighted by Gasteiger charge is -2.37. The second-order valence-electron chi connectivity index (χ2n) is 5.46. The van der Waals surface area contributed by atoms with Crippen LogP contribution in [-0.2, 0) is 0 Å². The van der Waals surface area contributed by atoms with Crippen molar-refractivity contribution in [2.45, 2.75) is 32.2 Å². The van der Waals surface area contributed by atoms with E-state index in [1.165, 1.54) is 25.0 Å². The van der Waals surface area contributed by atoms with Gasteiger partial charge in [-0.3, -0.25) is 4.90 Å². The molecule has 1 saturated heterocycles. The molecule has 106 valence electrons. The Morgan fingerprint density at radius 2 is 1.89 bits per heavy atom. The molecular weight excluding hydrogens is 246 g/mol. The van der Waals surface area contributed by atoms with E-state index < -0.39 is 6.43 Å².